The topological polar surface area (TPSA) is 144 Å². The number of aliphatic hydroxyl groups is 1. The summed E-state index contributed by atoms with van der Waals surface area (Å²) in [4.78, 5) is 53.7. The fraction of sp³-hybridized carbons (Fsp3) is 0.282. The Morgan fingerprint density at radius 3 is 1.40 bits per heavy atom. The molecular weight excluding hydrogens is 644 g/mol. The van der Waals surface area contributed by atoms with E-state index in [2.05, 4.69) is 0 Å². The summed E-state index contributed by atoms with van der Waals surface area (Å²) >= 11 is 0. The number of benzene rings is 4. The number of rotatable bonds is 15. The third kappa shape index (κ3) is 9.85. The molecule has 5 atom stereocenters. The molecule has 0 aromatic heterocycles. The van der Waals surface area contributed by atoms with Crippen LogP contribution in [-0.2, 0) is 28.4 Å². The molecule has 0 amide bonds. The van der Waals surface area contributed by atoms with E-state index in [9.17, 15) is 24.3 Å². The Bertz CT molecular complexity index is 1670. The third-order valence-corrected chi connectivity index (χ3v) is 7.82. The standard InChI is InChI=1S/C39H38O11/c40-24-14-5-15-25-45-39-34(50-38(44)30-22-12-4-13-23-30)33(49-37(43)29-20-10-3-11-21-29)32(48-36(42)28-18-8-2-9-19-28)31(47-39)26-46-35(41)27-16-6-1-7-17-27/h1-4,6-13,16-23,31-34,39-40H,5,14-15,24-26H2/t31?,32-,33-,34?,39+/m0/s1. The van der Waals surface area contributed by atoms with E-state index in [4.69, 9.17) is 28.4 Å². The minimum Gasteiger partial charge on any atom is -0.459 e. The van der Waals surface area contributed by atoms with E-state index in [1.807, 2.05) is 0 Å². The molecule has 1 aliphatic heterocycles. The predicted octanol–water partition coefficient (Wildman–Crippen LogP) is 5.42. The van der Waals surface area contributed by atoms with Crippen LogP contribution in [0, 0.1) is 0 Å². The Kier molecular flexibility index (Phi) is 13.2. The predicted molar refractivity (Wildman–Crippen MR) is 179 cm³/mol. The van der Waals surface area contributed by atoms with Gasteiger partial charge in [0, 0.05) is 13.2 Å². The van der Waals surface area contributed by atoms with Gasteiger partial charge in [-0.1, -0.05) is 72.8 Å². The molecule has 2 unspecified atom stereocenters. The first-order valence-electron chi connectivity index (χ1n) is 16.3. The number of ether oxygens (including phenoxy) is 6. The fourth-order valence-electron chi connectivity index (χ4n) is 5.25. The minimum atomic E-state index is -1.49. The second-order valence-electron chi connectivity index (χ2n) is 11.4. The highest BCUT2D eigenvalue weighted by Crippen LogP contribution is 2.32. The van der Waals surface area contributed by atoms with Crippen molar-refractivity contribution in [3.63, 3.8) is 0 Å². The molecule has 1 N–H and O–H groups in total. The zero-order valence-electron chi connectivity index (χ0n) is 27.2. The highest BCUT2D eigenvalue weighted by molar-refractivity contribution is 5.91. The molecule has 260 valence electrons. The maximum absolute atomic E-state index is 13.6. The van der Waals surface area contributed by atoms with E-state index in [1.54, 1.807) is 121 Å². The zero-order chi connectivity index (χ0) is 35.1. The summed E-state index contributed by atoms with van der Waals surface area (Å²) in [5, 5.41) is 9.23. The molecule has 0 spiro atoms. The van der Waals surface area contributed by atoms with Crippen LogP contribution in [0.4, 0.5) is 0 Å². The van der Waals surface area contributed by atoms with Gasteiger partial charge in [-0.2, -0.15) is 0 Å². The molecule has 0 bridgehead atoms. The molecule has 11 nitrogen and oxygen atoms in total. The van der Waals surface area contributed by atoms with Crippen molar-refractivity contribution in [1.29, 1.82) is 0 Å². The lowest BCUT2D eigenvalue weighted by Gasteiger charge is -2.44. The van der Waals surface area contributed by atoms with Crippen LogP contribution < -0.4 is 0 Å². The molecule has 5 rings (SSSR count). The monoisotopic (exact) mass is 682 g/mol. The Balaban J connectivity index is 1.52. The van der Waals surface area contributed by atoms with Gasteiger partial charge >= 0.3 is 23.9 Å². The van der Waals surface area contributed by atoms with Gasteiger partial charge in [0.05, 0.1) is 22.3 Å². The van der Waals surface area contributed by atoms with E-state index in [1.165, 1.54) is 0 Å². The van der Waals surface area contributed by atoms with Crippen LogP contribution in [0.1, 0.15) is 60.7 Å². The fourth-order valence-corrected chi connectivity index (χ4v) is 5.25. The van der Waals surface area contributed by atoms with Crippen LogP contribution in [0.25, 0.3) is 0 Å². The van der Waals surface area contributed by atoms with Crippen molar-refractivity contribution in [2.24, 2.45) is 0 Å². The number of hydrogen-bond donors (Lipinski definition) is 1. The lowest BCUT2D eigenvalue weighted by Crippen LogP contribution is -2.63. The van der Waals surface area contributed by atoms with Gasteiger partial charge in [0.25, 0.3) is 0 Å². The van der Waals surface area contributed by atoms with E-state index in [-0.39, 0.29) is 35.5 Å². The van der Waals surface area contributed by atoms with Crippen molar-refractivity contribution in [2.45, 2.75) is 50.0 Å². The van der Waals surface area contributed by atoms with Crippen LogP contribution in [0.15, 0.2) is 121 Å². The van der Waals surface area contributed by atoms with Crippen LogP contribution >= 0.6 is 0 Å². The van der Waals surface area contributed by atoms with Crippen molar-refractivity contribution in [2.75, 3.05) is 19.8 Å². The van der Waals surface area contributed by atoms with Crippen molar-refractivity contribution in [3.8, 4) is 0 Å². The number of aliphatic hydroxyl groups excluding tert-OH is 1. The maximum Gasteiger partial charge on any atom is 0.338 e. The molecule has 0 aliphatic carbocycles. The van der Waals surface area contributed by atoms with Gasteiger partial charge in [0.1, 0.15) is 12.7 Å². The third-order valence-electron chi connectivity index (χ3n) is 7.82. The summed E-state index contributed by atoms with van der Waals surface area (Å²) in [6, 6.07) is 32.8. The number of unbranched alkanes of at least 4 members (excludes halogenated alkanes) is 2. The maximum atomic E-state index is 13.6. The quantitative estimate of drug-likeness (QED) is 0.0975. The average molecular weight is 683 g/mol. The summed E-state index contributed by atoms with van der Waals surface area (Å²) in [5.41, 5.74) is 0.869. The summed E-state index contributed by atoms with van der Waals surface area (Å²) in [6.45, 7) is -0.309. The minimum absolute atomic E-state index is 0.0120. The lowest BCUT2D eigenvalue weighted by molar-refractivity contribution is -0.298. The number of carbonyl (C=O) groups excluding carboxylic acids is 4. The highest BCUT2D eigenvalue weighted by Gasteiger charge is 2.53. The lowest BCUT2D eigenvalue weighted by atomic mass is 9.97. The van der Waals surface area contributed by atoms with Crippen molar-refractivity contribution < 1.29 is 52.7 Å². The van der Waals surface area contributed by atoms with Crippen molar-refractivity contribution in [3.05, 3.63) is 144 Å². The van der Waals surface area contributed by atoms with Crippen LogP contribution in [-0.4, -0.2) is 79.5 Å². The summed E-state index contributed by atoms with van der Waals surface area (Å²) in [7, 11) is 0. The molecule has 11 heteroatoms. The van der Waals surface area contributed by atoms with Crippen LogP contribution in [0.3, 0.4) is 0 Å². The highest BCUT2D eigenvalue weighted by atomic mass is 16.7. The van der Waals surface area contributed by atoms with Gasteiger partial charge in [0.2, 0.25) is 0 Å². The number of hydrogen-bond acceptors (Lipinski definition) is 11. The Hall–Kier alpha value is -5.36. The molecule has 50 heavy (non-hydrogen) atoms. The van der Waals surface area contributed by atoms with E-state index in [0.717, 1.165) is 0 Å². The summed E-state index contributed by atoms with van der Waals surface area (Å²) < 4.78 is 36.0. The SMILES string of the molecule is O=C(OCC1O[C@@H](OCCCCCO)C(OC(=O)c2ccccc2)[C@@H](OC(=O)c2ccccc2)[C@H]1OC(=O)c1ccccc1)c1ccccc1. The van der Waals surface area contributed by atoms with E-state index in [0.29, 0.717) is 19.3 Å². The summed E-state index contributed by atoms with van der Waals surface area (Å²) in [5.74, 6) is -3.01. The normalized spacial score (nSPS) is 19.9. The molecule has 4 aromatic carbocycles. The first kappa shape index (κ1) is 35.9. The van der Waals surface area contributed by atoms with Gasteiger partial charge in [0.15, 0.2) is 24.6 Å². The van der Waals surface area contributed by atoms with Crippen molar-refractivity contribution >= 4 is 23.9 Å². The van der Waals surface area contributed by atoms with Gasteiger partial charge in [-0.3, -0.25) is 0 Å². The van der Waals surface area contributed by atoms with Crippen LogP contribution in [0.2, 0.25) is 0 Å². The number of carbonyl (C=O) groups is 4. The molecule has 1 aliphatic rings. The zero-order valence-corrected chi connectivity index (χ0v) is 27.2. The van der Waals surface area contributed by atoms with Gasteiger partial charge in [-0.15, -0.1) is 0 Å². The molecule has 0 radical (unpaired) electrons. The molecular formula is C39H38O11. The first-order chi connectivity index (χ1) is 24.4. The Morgan fingerprint density at radius 2 is 0.940 bits per heavy atom. The second kappa shape index (κ2) is 18.4. The Labute approximate surface area is 289 Å². The molecule has 1 heterocycles. The van der Waals surface area contributed by atoms with E-state index < -0.39 is 61.2 Å². The smallest absolute Gasteiger partial charge is 0.338 e. The molecule has 1 fully saturated rings. The Morgan fingerprint density at radius 1 is 0.520 bits per heavy atom. The molecule has 0 saturated carbocycles. The van der Waals surface area contributed by atoms with Gasteiger partial charge < -0.3 is 33.5 Å². The summed E-state index contributed by atoms with van der Waals surface area (Å²) in [6.07, 6.45) is -5.25. The van der Waals surface area contributed by atoms with Gasteiger partial charge in [-0.05, 0) is 67.8 Å². The first-order valence-corrected chi connectivity index (χ1v) is 16.3. The van der Waals surface area contributed by atoms with Crippen LogP contribution in [0.5, 0.6) is 0 Å². The van der Waals surface area contributed by atoms with Crippen molar-refractivity contribution in [1.82, 2.24) is 0 Å². The average Bonchev–Trinajstić information content (AvgIpc) is 3.17. The van der Waals surface area contributed by atoms with E-state index >= 15 is 0 Å². The number of esters is 4. The molecule has 4 aromatic rings. The van der Waals surface area contributed by atoms with Gasteiger partial charge in [-0.25, -0.2) is 19.2 Å². The largest absolute Gasteiger partial charge is 0.459 e. The second-order valence-corrected chi connectivity index (χ2v) is 11.4. The molecule has 1 saturated heterocycles.